The number of carbonyl (C=O) groups excluding carboxylic acids is 1. The van der Waals surface area contributed by atoms with Gasteiger partial charge in [-0.2, -0.15) is 0 Å². The Kier molecular flexibility index (Phi) is 2.76. The van der Waals surface area contributed by atoms with Crippen molar-refractivity contribution in [3.8, 4) is 0 Å². The molecule has 0 N–H and O–H groups in total. The van der Waals surface area contributed by atoms with E-state index in [4.69, 9.17) is 0 Å². The fourth-order valence-corrected chi connectivity index (χ4v) is 2.20. The van der Waals surface area contributed by atoms with Crippen LogP contribution in [0, 0.1) is 5.92 Å². The molecule has 0 radical (unpaired) electrons. The van der Waals surface area contributed by atoms with Gasteiger partial charge in [0.2, 0.25) is 5.91 Å². The maximum absolute atomic E-state index is 11.7. The average molecular weight is 203 g/mol. The molecule has 1 heterocycles. The number of rotatable bonds is 2. The molecule has 1 amide bonds. The number of hydrogen-bond donors (Lipinski definition) is 0. The molecule has 1 fully saturated rings. The van der Waals surface area contributed by atoms with Crippen molar-refractivity contribution < 1.29 is 4.79 Å². The summed E-state index contributed by atoms with van der Waals surface area (Å²) in [5.41, 5.74) is 1.22. The number of nitrogens with zero attached hydrogens (tertiary/aromatic N) is 1. The van der Waals surface area contributed by atoms with Gasteiger partial charge in [-0.25, -0.2) is 0 Å². The average Bonchev–Trinajstić information content (AvgIpc) is 2.58. The van der Waals surface area contributed by atoms with E-state index in [1.54, 1.807) is 0 Å². The van der Waals surface area contributed by atoms with E-state index in [0.29, 0.717) is 18.2 Å². The summed E-state index contributed by atoms with van der Waals surface area (Å²) in [5, 5.41) is 0. The van der Waals surface area contributed by atoms with Crippen LogP contribution in [0.1, 0.15) is 31.9 Å². The van der Waals surface area contributed by atoms with Crippen LogP contribution in [0.4, 0.5) is 0 Å². The minimum Gasteiger partial charge on any atom is -0.336 e. The summed E-state index contributed by atoms with van der Waals surface area (Å²) in [6.45, 7) is 5.13. The second-order valence-corrected chi connectivity index (χ2v) is 4.44. The van der Waals surface area contributed by atoms with Crippen LogP contribution in [-0.2, 0) is 4.79 Å². The molecule has 0 bridgehead atoms. The predicted octanol–water partition coefficient (Wildman–Crippen LogP) is 2.62. The Bertz CT molecular complexity index is 347. The molecule has 2 rings (SSSR count). The zero-order valence-corrected chi connectivity index (χ0v) is 9.31. The Morgan fingerprint density at radius 2 is 2.00 bits per heavy atom. The van der Waals surface area contributed by atoms with Crippen LogP contribution < -0.4 is 0 Å². The minimum atomic E-state index is 0.212. The third kappa shape index (κ3) is 2.04. The van der Waals surface area contributed by atoms with E-state index in [2.05, 4.69) is 26.0 Å². The summed E-state index contributed by atoms with van der Waals surface area (Å²) < 4.78 is 0. The molecule has 0 aromatic heterocycles. The van der Waals surface area contributed by atoms with Gasteiger partial charge in [-0.1, -0.05) is 37.3 Å². The molecule has 2 atom stereocenters. The lowest BCUT2D eigenvalue weighted by Gasteiger charge is -2.24. The van der Waals surface area contributed by atoms with Gasteiger partial charge < -0.3 is 4.90 Å². The molecule has 1 unspecified atom stereocenters. The van der Waals surface area contributed by atoms with Crippen LogP contribution in [-0.4, -0.2) is 17.4 Å². The molecule has 1 saturated heterocycles. The third-order valence-electron chi connectivity index (χ3n) is 3.10. The summed E-state index contributed by atoms with van der Waals surface area (Å²) in [6, 6.07) is 10.4. The van der Waals surface area contributed by atoms with Crippen molar-refractivity contribution in [2.45, 2.75) is 26.3 Å². The molecule has 1 aliphatic rings. The molecule has 0 spiro atoms. The standard InChI is InChI=1S/C13H17NO/c1-10-8-13(15)14(9-10)11(2)12-6-4-3-5-7-12/h3-7,10-11H,8-9H2,1-2H3/t10?,11-/m1/s1. The van der Waals surface area contributed by atoms with E-state index < -0.39 is 0 Å². The van der Waals surface area contributed by atoms with Crippen molar-refractivity contribution in [1.82, 2.24) is 4.90 Å². The van der Waals surface area contributed by atoms with Crippen LogP contribution in [0.3, 0.4) is 0 Å². The second kappa shape index (κ2) is 4.05. The summed E-state index contributed by atoms with van der Waals surface area (Å²) >= 11 is 0. The van der Waals surface area contributed by atoms with Gasteiger partial charge in [0.25, 0.3) is 0 Å². The maximum atomic E-state index is 11.7. The van der Waals surface area contributed by atoms with E-state index in [0.717, 1.165) is 6.54 Å². The van der Waals surface area contributed by atoms with Crippen LogP contribution in [0.25, 0.3) is 0 Å². The lowest BCUT2D eigenvalue weighted by atomic mass is 10.1. The minimum absolute atomic E-state index is 0.212. The lowest BCUT2D eigenvalue weighted by molar-refractivity contribution is -0.129. The van der Waals surface area contributed by atoms with Crippen molar-refractivity contribution in [3.05, 3.63) is 35.9 Å². The molecule has 15 heavy (non-hydrogen) atoms. The van der Waals surface area contributed by atoms with Gasteiger partial charge >= 0.3 is 0 Å². The third-order valence-corrected chi connectivity index (χ3v) is 3.10. The highest BCUT2D eigenvalue weighted by Crippen LogP contribution is 2.27. The SMILES string of the molecule is CC1CC(=O)N([C@H](C)c2ccccc2)C1. The maximum Gasteiger partial charge on any atom is 0.223 e. The molecule has 1 aromatic carbocycles. The highest BCUT2D eigenvalue weighted by Gasteiger charge is 2.30. The van der Waals surface area contributed by atoms with E-state index >= 15 is 0 Å². The first kappa shape index (κ1) is 10.2. The Morgan fingerprint density at radius 1 is 1.33 bits per heavy atom. The topological polar surface area (TPSA) is 20.3 Å². The van der Waals surface area contributed by atoms with Crippen LogP contribution >= 0.6 is 0 Å². The molecule has 0 saturated carbocycles. The van der Waals surface area contributed by atoms with Gasteiger partial charge in [-0.05, 0) is 18.4 Å². The monoisotopic (exact) mass is 203 g/mol. The van der Waals surface area contributed by atoms with Gasteiger partial charge in [0.15, 0.2) is 0 Å². The Hall–Kier alpha value is -1.31. The molecular formula is C13H17NO. The molecule has 0 aliphatic carbocycles. The Morgan fingerprint density at radius 3 is 2.53 bits per heavy atom. The summed E-state index contributed by atoms with van der Waals surface area (Å²) in [6.07, 6.45) is 0.706. The molecule has 1 aromatic rings. The Labute approximate surface area is 90.9 Å². The molecule has 80 valence electrons. The summed E-state index contributed by atoms with van der Waals surface area (Å²) in [5.74, 6) is 0.794. The normalized spacial score (nSPS) is 23.2. The van der Waals surface area contributed by atoms with Crippen LogP contribution in [0.5, 0.6) is 0 Å². The predicted molar refractivity (Wildman–Crippen MR) is 60.4 cm³/mol. The fourth-order valence-electron chi connectivity index (χ4n) is 2.20. The van der Waals surface area contributed by atoms with Crippen molar-refractivity contribution in [2.75, 3.05) is 6.54 Å². The van der Waals surface area contributed by atoms with Crippen LogP contribution in [0.2, 0.25) is 0 Å². The number of carbonyl (C=O) groups is 1. The zero-order valence-electron chi connectivity index (χ0n) is 9.31. The van der Waals surface area contributed by atoms with E-state index in [1.807, 2.05) is 23.1 Å². The highest BCUT2D eigenvalue weighted by molar-refractivity contribution is 5.79. The molecule has 2 nitrogen and oxygen atoms in total. The smallest absolute Gasteiger partial charge is 0.223 e. The van der Waals surface area contributed by atoms with Gasteiger partial charge in [0.05, 0.1) is 6.04 Å². The quantitative estimate of drug-likeness (QED) is 0.723. The van der Waals surface area contributed by atoms with Gasteiger partial charge in [0, 0.05) is 13.0 Å². The number of amides is 1. The first-order chi connectivity index (χ1) is 7.18. The van der Waals surface area contributed by atoms with Gasteiger partial charge in [0.1, 0.15) is 0 Å². The van der Waals surface area contributed by atoms with E-state index in [1.165, 1.54) is 5.56 Å². The van der Waals surface area contributed by atoms with Crippen molar-refractivity contribution in [1.29, 1.82) is 0 Å². The van der Waals surface area contributed by atoms with E-state index in [-0.39, 0.29) is 6.04 Å². The molecular weight excluding hydrogens is 186 g/mol. The number of likely N-dealkylation sites (tertiary alicyclic amines) is 1. The molecule has 2 heteroatoms. The van der Waals surface area contributed by atoms with Crippen molar-refractivity contribution in [3.63, 3.8) is 0 Å². The van der Waals surface area contributed by atoms with Crippen molar-refractivity contribution >= 4 is 5.91 Å². The first-order valence-electron chi connectivity index (χ1n) is 5.53. The largest absolute Gasteiger partial charge is 0.336 e. The van der Waals surface area contributed by atoms with Gasteiger partial charge in [-0.3, -0.25) is 4.79 Å². The molecule has 1 aliphatic heterocycles. The first-order valence-corrected chi connectivity index (χ1v) is 5.53. The number of hydrogen-bond acceptors (Lipinski definition) is 1. The van der Waals surface area contributed by atoms with Crippen LogP contribution in [0.15, 0.2) is 30.3 Å². The number of benzene rings is 1. The van der Waals surface area contributed by atoms with Gasteiger partial charge in [-0.15, -0.1) is 0 Å². The zero-order chi connectivity index (χ0) is 10.8. The fraction of sp³-hybridized carbons (Fsp3) is 0.462. The summed E-state index contributed by atoms with van der Waals surface area (Å²) in [7, 11) is 0. The second-order valence-electron chi connectivity index (χ2n) is 4.44. The Balaban J connectivity index is 2.15. The van der Waals surface area contributed by atoms with E-state index in [9.17, 15) is 4.79 Å². The summed E-state index contributed by atoms with van der Waals surface area (Å²) in [4.78, 5) is 13.7. The lowest BCUT2D eigenvalue weighted by Crippen LogP contribution is -2.28. The van der Waals surface area contributed by atoms with Crippen molar-refractivity contribution in [2.24, 2.45) is 5.92 Å². The highest BCUT2D eigenvalue weighted by atomic mass is 16.2.